The third kappa shape index (κ3) is 7.94. The second-order valence-electron chi connectivity index (χ2n) is 5.14. The Morgan fingerprint density at radius 2 is 2.08 bits per heavy atom. The van der Waals surface area contributed by atoms with Crippen LogP contribution in [0.15, 0.2) is 36.0 Å². The molecule has 0 saturated heterocycles. The predicted molar refractivity (Wildman–Crippen MR) is 86.0 cm³/mol. The molecule has 0 radical (unpaired) electrons. The van der Waals surface area contributed by atoms with E-state index in [1.807, 2.05) is 0 Å². The Labute approximate surface area is 140 Å². The third-order valence-electron chi connectivity index (χ3n) is 3.16. The molecule has 0 aliphatic carbocycles. The Kier molecular flexibility index (Phi) is 8.61. The minimum atomic E-state index is -0.835. The highest BCUT2D eigenvalue weighted by atomic mass is 19.1. The summed E-state index contributed by atoms with van der Waals surface area (Å²) in [6.45, 7) is 0.673. The van der Waals surface area contributed by atoms with Crippen molar-refractivity contribution >= 4 is 11.9 Å². The molecule has 0 bridgehead atoms. The van der Waals surface area contributed by atoms with E-state index < -0.39 is 11.9 Å². The fourth-order valence-electron chi connectivity index (χ4n) is 1.94. The second kappa shape index (κ2) is 10.8. The van der Waals surface area contributed by atoms with Gasteiger partial charge in [-0.15, -0.1) is 0 Å². The molecule has 0 saturated carbocycles. The molecule has 1 amide bonds. The minimum Gasteiger partial charge on any atom is -0.481 e. The van der Waals surface area contributed by atoms with E-state index in [1.54, 1.807) is 18.2 Å². The van der Waals surface area contributed by atoms with E-state index in [1.165, 1.54) is 18.3 Å². The monoisotopic (exact) mass is 333 g/mol. The van der Waals surface area contributed by atoms with Crippen LogP contribution in [-0.2, 0) is 16.1 Å². The number of nitriles is 1. The largest absolute Gasteiger partial charge is 0.481 e. The van der Waals surface area contributed by atoms with Crippen molar-refractivity contribution in [1.82, 2.24) is 10.6 Å². The van der Waals surface area contributed by atoms with Gasteiger partial charge in [-0.2, -0.15) is 5.26 Å². The average molecular weight is 333 g/mol. The SMILES string of the molecule is N#C/C(=C/NCc1cccc(F)c1)C(=O)NCCCCCC(=O)O. The first-order valence-electron chi connectivity index (χ1n) is 7.61. The normalized spacial score (nSPS) is 10.8. The van der Waals surface area contributed by atoms with Crippen molar-refractivity contribution in [2.24, 2.45) is 0 Å². The van der Waals surface area contributed by atoms with Crippen LogP contribution in [0.3, 0.4) is 0 Å². The summed E-state index contributed by atoms with van der Waals surface area (Å²) in [7, 11) is 0. The molecule has 0 atom stereocenters. The number of nitrogens with one attached hydrogen (secondary N) is 2. The smallest absolute Gasteiger partial charge is 0.303 e. The van der Waals surface area contributed by atoms with E-state index in [0.717, 1.165) is 0 Å². The number of unbranched alkanes of at least 4 members (excludes halogenated alkanes) is 2. The standard InChI is InChI=1S/C17H20FN3O3/c18-15-6-4-5-13(9-15)11-20-12-14(10-19)17(24)21-8-3-1-2-7-16(22)23/h4-6,9,12,20H,1-3,7-8,11H2,(H,21,24)(H,22,23)/b14-12-. The van der Waals surface area contributed by atoms with Crippen molar-refractivity contribution in [2.45, 2.75) is 32.2 Å². The highest BCUT2D eigenvalue weighted by Crippen LogP contribution is 2.03. The molecule has 0 aromatic heterocycles. The lowest BCUT2D eigenvalue weighted by Crippen LogP contribution is -2.26. The van der Waals surface area contributed by atoms with Crippen LogP contribution in [0.25, 0.3) is 0 Å². The quantitative estimate of drug-likeness (QED) is 0.346. The summed E-state index contributed by atoms with van der Waals surface area (Å²) in [4.78, 5) is 22.2. The number of carbonyl (C=O) groups is 2. The van der Waals surface area contributed by atoms with Crippen LogP contribution in [0.4, 0.5) is 4.39 Å². The number of hydrogen-bond acceptors (Lipinski definition) is 4. The molecule has 0 spiro atoms. The molecule has 7 heteroatoms. The Morgan fingerprint density at radius 3 is 2.75 bits per heavy atom. The molecular weight excluding hydrogens is 313 g/mol. The Bertz CT molecular complexity index is 638. The number of carbonyl (C=O) groups excluding carboxylic acids is 1. The summed E-state index contributed by atoms with van der Waals surface area (Å²) in [5, 5.41) is 22.9. The van der Waals surface area contributed by atoms with Crippen LogP contribution >= 0.6 is 0 Å². The highest BCUT2D eigenvalue weighted by molar-refractivity contribution is 5.97. The van der Waals surface area contributed by atoms with E-state index in [9.17, 15) is 14.0 Å². The number of carboxylic acid groups (broad SMARTS) is 1. The van der Waals surface area contributed by atoms with Gasteiger partial charge < -0.3 is 15.7 Å². The number of halogens is 1. The van der Waals surface area contributed by atoms with Crippen molar-refractivity contribution < 1.29 is 19.1 Å². The number of carboxylic acids is 1. The van der Waals surface area contributed by atoms with Gasteiger partial charge in [-0.3, -0.25) is 9.59 Å². The van der Waals surface area contributed by atoms with Gasteiger partial charge >= 0.3 is 5.97 Å². The number of nitrogens with zero attached hydrogens (tertiary/aromatic N) is 1. The van der Waals surface area contributed by atoms with Gasteiger partial charge in [0.25, 0.3) is 5.91 Å². The van der Waals surface area contributed by atoms with Crippen LogP contribution in [0.1, 0.15) is 31.2 Å². The number of rotatable bonds is 10. The van der Waals surface area contributed by atoms with E-state index in [-0.39, 0.29) is 17.8 Å². The van der Waals surface area contributed by atoms with Crippen LogP contribution in [-0.4, -0.2) is 23.5 Å². The molecule has 1 aromatic rings. The molecule has 0 heterocycles. The first-order valence-corrected chi connectivity index (χ1v) is 7.61. The fourth-order valence-corrected chi connectivity index (χ4v) is 1.94. The number of aliphatic carboxylic acids is 1. The lowest BCUT2D eigenvalue weighted by atomic mass is 10.2. The molecule has 24 heavy (non-hydrogen) atoms. The Morgan fingerprint density at radius 1 is 1.29 bits per heavy atom. The molecule has 0 aliphatic heterocycles. The zero-order valence-electron chi connectivity index (χ0n) is 13.2. The van der Waals surface area contributed by atoms with Crippen molar-refractivity contribution in [3.05, 3.63) is 47.4 Å². The predicted octanol–water partition coefficient (Wildman–Crippen LogP) is 2.08. The van der Waals surface area contributed by atoms with Gasteiger partial charge in [0.15, 0.2) is 0 Å². The third-order valence-corrected chi connectivity index (χ3v) is 3.16. The highest BCUT2D eigenvalue weighted by Gasteiger charge is 2.07. The van der Waals surface area contributed by atoms with E-state index in [4.69, 9.17) is 10.4 Å². The zero-order valence-corrected chi connectivity index (χ0v) is 13.2. The molecule has 0 aliphatic rings. The van der Waals surface area contributed by atoms with Gasteiger partial charge in [0.1, 0.15) is 17.5 Å². The first-order chi connectivity index (χ1) is 11.5. The maximum absolute atomic E-state index is 13.0. The molecule has 1 aromatic carbocycles. The number of benzene rings is 1. The van der Waals surface area contributed by atoms with Crippen molar-refractivity contribution in [3.63, 3.8) is 0 Å². The van der Waals surface area contributed by atoms with Gasteiger partial charge in [-0.1, -0.05) is 18.6 Å². The maximum atomic E-state index is 13.0. The van der Waals surface area contributed by atoms with Crippen LogP contribution in [0.5, 0.6) is 0 Å². The summed E-state index contributed by atoms with van der Waals surface area (Å²) < 4.78 is 13.0. The van der Waals surface area contributed by atoms with Crippen molar-refractivity contribution in [1.29, 1.82) is 5.26 Å². The maximum Gasteiger partial charge on any atom is 0.303 e. The molecule has 3 N–H and O–H groups in total. The lowest BCUT2D eigenvalue weighted by molar-refractivity contribution is -0.137. The number of hydrogen-bond donors (Lipinski definition) is 3. The van der Waals surface area contributed by atoms with Gasteiger partial charge in [-0.25, -0.2) is 4.39 Å². The minimum absolute atomic E-state index is 0.0723. The summed E-state index contributed by atoms with van der Waals surface area (Å²) in [5.41, 5.74) is 0.624. The molecular formula is C17H20FN3O3. The van der Waals surface area contributed by atoms with Gasteiger partial charge in [0.2, 0.25) is 0 Å². The van der Waals surface area contributed by atoms with Crippen molar-refractivity contribution in [2.75, 3.05) is 6.54 Å². The van der Waals surface area contributed by atoms with Gasteiger partial charge in [0, 0.05) is 25.7 Å². The molecule has 128 valence electrons. The van der Waals surface area contributed by atoms with E-state index >= 15 is 0 Å². The molecule has 1 rings (SSSR count). The summed E-state index contributed by atoms with van der Waals surface area (Å²) in [6.07, 6.45) is 3.30. The van der Waals surface area contributed by atoms with Gasteiger partial charge in [0.05, 0.1) is 0 Å². The van der Waals surface area contributed by atoms with Crippen LogP contribution < -0.4 is 10.6 Å². The second-order valence-corrected chi connectivity index (χ2v) is 5.14. The van der Waals surface area contributed by atoms with Crippen LogP contribution in [0, 0.1) is 17.1 Å². The topological polar surface area (TPSA) is 102 Å². The first kappa shape index (κ1) is 19.2. The number of amides is 1. The zero-order chi connectivity index (χ0) is 17.8. The van der Waals surface area contributed by atoms with Crippen molar-refractivity contribution in [3.8, 4) is 6.07 Å². The van der Waals surface area contributed by atoms with E-state index in [0.29, 0.717) is 37.9 Å². The van der Waals surface area contributed by atoms with Gasteiger partial charge in [-0.05, 0) is 30.5 Å². The summed E-state index contributed by atoms with van der Waals surface area (Å²) >= 11 is 0. The summed E-state index contributed by atoms with van der Waals surface area (Å²) in [6, 6.07) is 7.81. The molecule has 0 fully saturated rings. The average Bonchev–Trinajstić information content (AvgIpc) is 2.54. The fraction of sp³-hybridized carbons (Fsp3) is 0.353. The lowest BCUT2D eigenvalue weighted by Gasteiger charge is -2.05. The summed E-state index contributed by atoms with van der Waals surface area (Å²) in [5.74, 6) is -1.68. The Balaban J connectivity index is 2.32. The van der Waals surface area contributed by atoms with Crippen LogP contribution in [0.2, 0.25) is 0 Å². The van der Waals surface area contributed by atoms with E-state index in [2.05, 4.69) is 10.6 Å². The molecule has 0 unspecified atom stereocenters. The Hall–Kier alpha value is -2.88. The molecule has 6 nitrogen and oxygen atoms in total.